The minimum absolute atomic E-state index is 0.0610. The van der Waals surface area contributed by atoms with Crippen molar-refractivity contribution in [3.63, 3.8) is 0 Å². The number of piperidine rings is 1. The molecule has 7 heteroatoms. The van der Waals surface area contributed by atoms with Crippen molar-refractivity contribution in [2.45, 2.75) is 45.3 Å². The van der Waals surface area contributed by atoms with Crippen LogP contribution in [0.15, 0.2) is 36.8 Å². The number of para-hydroxylation sites is 1. The van der Waals surface area contributed by atoms with Crippen LogP contribution in [0.5, 0.6) is 5.75 Å². The van der Waals surface area contributed by atoms with Crippen LogP contribution in [0.2, 0.25) is 0 Å². The highest BCUT2D eigenvalue weighted by atomic mass is 16.5. The van der Waals surface area contributed by atoms with Crippen LogP contribution in [-0.4, -0.2) is 51.9 Å². The summed E-state index contributed by atoms with van der Waals surface area (Å²) in [5, 5.41) is 2.76. The Hall–Kier alpha value is -2.83. The molecule has 0 bridgehead atoms. The lowest BCUT2D eigenvalue weighted by atomic mass is 10.0. The fourth-order valence-corrected chi connectivity index (χ4v) is 3.34. The number of carbonyl (C=O) groups is 2. The summed E-state index contributed by atoms with van der Waals surface area (Å²) in [6, 6.07) is 7.38. The number of likely N-dealkylation sites (tertiary alicyclic amines) is 1. The monoisotopic (exact) mass is 370 g/mol. The number of H-pyrrole nitrogens is 1. The molecule has 0 spiro atoms. The number of hydrogen-bond donors (Lipinski definition) is 2. The summed E-state index contributed by atoms with van der Waals surface area (Å²) >= 11 is 0. The Balaban J connectivity index is 1.57. The summed E-state index contributed by atoms with van der Waals surface area (Å²) < 4.78 is 6.10. The largest absolute Gasteiger partial charge is 0.490 e. The molecule has 1 saturated heterocycles. The molecule has 0 aliphatic carbocycles. The number of amides is 2. The number of nitrogens with zero attached hydrogens (tertiary/aromatic N) is 2. The molecule has 2 aromatic rings. The van der Waals surface area contributed by atoms with Gasteiger partial charge in [-0.05, 0) is 18.6 Å². The second-order valence-electron chi connectivity index (χ2n) is 6.94. The highest BCUT2D eigenvalue weighted by molar-refractivity contribution is 5.87. The number of imidazole rings is 1. The summed E-state index contributed by atoms with van der Waals surface area (Å²) in [7, 11) is 0. The number of ether oxygens (including phenoxy) is 1. The van der Waals surface area contributed by atoms with Gasteiger partial charge in [-0.15, -0.1) is 0 Å². The number of aromatic nitrogens is 2. The van der Waals surface area contributed by atoms with E-state index in [9.17, 15) is 9.59 Å². The molecule has 1 aromatic heterocycles. The van der Waals surface area contributed by atoms with Gasteiger partial charge in [0.15, 0.2) is 0 Å². The van der Waals surface area contributed by atoms with Crippen LogP contribution in [0, 0.1) is 6.92 Å². The van der Waals surface area contributed by atoms with E-state index in [1.165, 1.54) is 6.92 Å². The summed E-state index contributed by atoms with van der Waals surface area (Å²) in [6.07, 6.45) is 5.29. The van der Waals surface area contributed by atoms with Crippen LogP contribution in [-0.2, 0) is 16.0 Å². The van der Waals surface area contributed by atoms with Gasteiger partial charge in [0.05, 0.1) is 6.33 Å². The Bertz CT molecular complexity index is 767. The van der Waals surface area contributed by atoms with Crippen LogP contribution in [0.4, 0.5) is 0 Å². The smallest absolute Gasteiger partial charge is 0.245 e. The number of aryl methyl sites for hydroxylation is 1. The molecule has 0 unspecified atom stereocenters. The van der Waals surface area contributed by atoms with E-state index in [-0.39, 0.29) is 17.9 Å². The van der Waals surface area contributed by atoms with Crippen molar-refractivity contribution in [2.24, 2.45) is 0 Å². The lowest BCUT2D eigenvalue weighted by Crippen LogP contribution is -2.52. The Morgan fingerprint density at radius 3 is 2.70 bits per heavy atom. The van der Waals surface area contributed by atoms with Gasteiger partial charge in [0.1, 0.15) is 17.9 Å². The summed E-state index contributed by atoms with van der Waals surface area (Å²) in [5.41, 5.74) is 1.93. The van der Waals surface area contributed by atoms with Crippen LogP contribution in [0.3, 0.4) is 0 Å². The van der Waals surface area contributed by atoms with Crippen LogP contribution in [0.1, 0.15) is 31.0 Å². The van der Waals surface area contributed by atoms with Crippen molar-refractivity contribution in [1.82, 2.24) is 20.2 Å². The fraction of sp³-hybridized carbons (Fsp3) is 0.450. The number of rotatable bonds is 6. The molecule has 144 valence electrons. The maximum atomic E-state index is 12.9. The molecule has 2 amide bonds. The maximum Gasteiger partial charge on any atom is 0.245 e. The molecule has 1 aliphatic rings. The van der Waals surface area contributed by atoms with Crippen molar-refractivity contribution >= 4 is 11.8 Å². The van der Waals surface area contributed by atoms with Crippen molar-refractivity contribution in [3.05, 3.63) is 48.0 Å². The number of nitrogens with one attached hydrogen (secondary N) is 2. The Kier molecular flexibility index (Phi) is 6.11. The van der Waals surface area contributed by atoms with E-state index in [0.717, 1.165) is 29.8 Å². The first-order chi connectivity index (χ1) is 13.0. The molecule has 1 fully saturated rings. The van der Waals surface area contributed by atoms with E-state index in [1.807, 2.05) is 36.1 Å². The molecule has 1 aromatic carbocycles. The number of hydrogen-bond acceptors (Lipinski definition) is 4. The predicted molar refractivity (Wildman–Crippen MR) is 101 cm³/mol. The molecule has 27 heavy (non-hydrogen) atoms. The van der Waals surface area contributed by atoms with Gasteiger partial charge in [0.25, 0.3) is 0 Å². The van der Waals surface area contributed by atoms with E-state index < -0.39 is 6.04 Å². The van der Waals surface area contributed by atoms with E-state index in [1.54, 1.807) is 12.5 Å². The van der Waals surface area contributed by atoms with Crippen molar-refractivity contribution < 1.29 is 14.3 Å². The molecule has 1 atom stereocenters. The van der Waals surface area contributed by atoms with E-state index in [0.29, 0.717) is 19.5 Å². The van der Waals surface area contributed by atoms with E-state index >= 15 is 0 Å². The zero-order valence-corrected chi connectivity index (χ0v) is 15.8. The van der Waals surface area contributed by atoms with Gasteiger partial charge in [-0.1, -0.05) is 18.2 Å². The molecule has 2 heterocycles. The van der Waals surface area contributed by atoms with Crippen molar-refractivity contribution in [2.75, 3.05) is 13.1 Å². The molecule has 0 saturated carbocycles. The van der Waals surface area contributed by atoms with Gasteiger partial charge in [-0.3, -0.25) is 9.59 Å². The molecular formula is C20H26N4O3. The fourth-order valence-electron chi connectivity index (χ4n) is 3.34. The van der Waals surface area contributed by atoms with Gasteiger partial charge in [-0.25, -0.2) is 4.98 Å². The van der Waals surface area contributed by atoms with E-state index in [2.05, 4.69) is 15.3 Å². The molecular weight excluding hydrogens is 344 g/mol. The molecule has 2 N–H and O–H groups in total. The SMILES string of the molecule is CC(=O)N[C@@H](Cc1cnc[nH]1)C(=O)N1CCC(Oc2ccccc2C)CC1. The first-order valence-electron chi connectivity index (χ1n) is 9.28. The summed E-state index contributed by atoms with van der Waals surface area (Å²) in [5.74, 6) is 0.623. The second-order valence-corrected chi connectivity index (χ2v) is 6.94. The normalized spacial score (nSPS) is 16.0. The molecule has 7 nitrogen and oxygen atoms in total. The van der Waals surface area contributed by atoms with Crippen LogP contribution < -0.4 is 10.1 Å². The minimum Gasteiger partial charge on any atom is -0.490 e. The zero-order chi connectivity index (χ0) is 19.2. The molecule has 1 aliphatic heterocycles. The van der Waals surface area contributed by atoms with Crippen LogP contribution in [0.25, 0.3) is 0 Å². The Morgan fingerprint density at radius 2 is 2.07 bits per heavy atom. The van der Waals surface area contributed by atoms with Gasteiger partial charge in [0.2, 0.25) is 11.8 Å². The Labute approximate surface area is 159 Å². The quantitative estimate of drug-likeness (QED) is 0.812. The van der Waals surface area contributed by atoms with Gasteiger partial charge in [-0.2, -0.15) is 0 Å². The predicted octanol–water partition coefficient (Wildman–Crippen LogP) is 1.84. The highest BCUT2D eigenvalue weighted by Crippen LogP contribution is 2.22. The first-order valence-corrected chi connectivity index (χ1v) is 9.28. The lowest BCUT2D eigenvalue weighted by Gasteiger charge is -2.34. The van der Waals surface area contributed by atoms with Gasteiger partial charge < -0.3 is 19.9 Å². The second kappa shape index (κ2) is 8.70. The molecule has 3 rings (SSSR count). The average molecular weight is 370 g/mol. The molecule has 0 radical (unpaired) electrons. The number of carbonyl (C=O) groups excluding carboxylic acids is 2. The van der Waals surface area contributed by atoms with E-state index in [4.69, 9.17) is 4.74 Å². The lowest BCUT2D eigenvalue weighted by molar-refractivity contribution is -0.137. The van der Waals surface area contributed by atoms with Crippen molar-refractivity contribution in [1.29, 1.82) is 0 Å². The first kappa shape index (κ1) is 18.9. The third kappa shape index (κ3) is 5.09. The summed E-state index contributed by atoms with van der Waals surface area (Å²) in [4.78, 5) is 33.2. The van der Waals surface area contributed by atoms with Crippen LogP contribution >= 0.6 is 0 Å². The number of benzene rings is 1. The highest BCUT2D eigenvalue weighted by Gasteiger charge is 2.30. The zero-order valence-electron chi connectivity index (χ0n) is 15.8. The third-order valence-corrected chi connectivity index (χ3v) is 4.80. The summed E-state index contributed by atoms with van der Waals surface area (Å²) in [6.45, 7) is 4.69. The van der Waals surface area contributed by atoms with Gasteiger partial charge in [0, 0.05) is 51.2 Å². The standard InChI is InChI=1S/C20H26N4O3/c1-14-5-3-4-6-19(14)27-17-7-9-24(10-8-17)20(26)18(23-15(2)25)11-16-12-21-13-22-16/h3-6,12-13,17-18H,7-11H2,1-2H3,(H,21,22)(H,23,25)/t18-/m0/s1. The topological polar surface area (TPSA) is 87.3 Å². The average Bonchev–Trinajstić information content (AvgIpc) is 3.16. The minimum atomic E-state index is -0.586. The Morgan fingerprint density at radius 1 is 1.33 bits per heavy atom. The third-order valence-electron chi connectivity index (χ3n) is 4.80. The number of aromatic amines is 1. The maximum absolute atomic E-state index is 12.9. The van der Waals surface area contributed by atoms with Crippen molar-refractivity contribution in [3.8, 4) is 5.75 Å². The van der Waals surface area contributed by atoms with Gasteiger partial charge >= 0.3 is 0 Å².